The molecule has 1 aromatic rings. The summed E-state index contributed by atoms with van der Waals surface area (Å²) in [4.78, 5) is 14.1. The SMILES string of the molecule is CC[C@H](N)C(=O)Nc1ccccc1N1CCC(O)CC1.Cl.Cl. The highest BCUT2D eigenvalue weighted by Crippen LogP contribution is 2.28. The van der Waals surface area contributed by atoms with Crippen LogP contribution >= 0.6 is 24.8 Å². The smallest absolute Gasteiger partial charge is 0.241 e. The van der Waals surface area contributed by atoms with Gasteiger partial charge in [-0.15, -0.1) is 24.8 Å². The van der Waals surface area contributed by atoms with Crippen LogP contribution in [-0.2, 0) is 4.79 Å². The number of carbonyl (C=O) groups excluding carboxylic acids is 1. The number of aliphatic hydroxyl groups is 1. The summed E-state index contributed by atoms with van der Waals surface area (Å²) >= 11 is 0. The van der Waals surface area contributed by atoms with Gasteiger partial charge in [-0.25, -0.2) is 0 Å². The Balaban J connectivity index is 0.00000220. The molecule has 2 rings (SSSR count). The molecule has 7 heteroatoms. The standard InChI is InChI=1S/C15H23N3O2.2ClH/c1-2-12(16)15(20)17-13-5-3-4-6-14(13)18-9-7-11(19)8-10-18;;/h3-6,11-12,19H,2,7-10,16H2,1H3,(H,17,20);2*1H/t12-;;/m0../s1. The van der Waals surface area contributed by atoms with Crippen molar-refractivity contribution in [2.75, 3.05) is 23.3 Å². The maximum absolute atomic E-state index is 11.9. The number of nitrogens with two attached hydrogens (primary N) is 1. The van der Waals surface area contributed by atoms with Gasteiger partial charge in [0.05, 0.1) is 23.5 Å². The van der Waals surface area contributed by atoms with Gasteiger partial charge in [0.15, 0.2) is 0 Å². The molecule has 0 bridgehead atoms. The second-order valence-corrected chi connectivity index (χ2v) is 5.24. The van der Waals surface area contributed by atoms with Crippen molar-refractivity contribution in [2.45, 2.75) is 38.3 Å². The van der Waals surface area contributed by atoms with Crippen LogP contribution in [0.2, 0.25) is 0 Å². The number of hydrogen-bond acceptors (Lipinski definition) is 4. The maximum atomic E-state index is 11.9. The molecule has 0 unspecified atom stereocenters. The summed E-state index contributed by atoms with van der Waals surface area (Å²) in [6, 6.07) is 7.25. The van der Waals surface area contributed by atoms with E-state index in [0.717, 1.165) is 37.3 Å². The van der Waals surface area contributed by atoms with Gasteiger partial charge < -0.3 is 21.1 Å². The molecule has 1 aromatic carbocycles. The number of piperidine rings is 1. The van der Waals surface area contributed by atoms with Crippen molar-refractivity contribution in [3.8, 4) is 0 Å². The van der Waals surface area contributed by atoms with E-state index in [0.29, 0.717) is 6.42 Å². The van der Waals surface area contributed by atoms with Crippen molar-refractivity contribution >= 4 is 42.1 Å². The molecule has 126 valence electrons. The first-order valence-corrected chi connectivity index (χ1v) is 7.20. The van der Waals surface area contributed by atoms with Crippen LogP contribution < -0.4 is 16.0 Å². The number of halogens is 2. The molecule has 1 amide bonds. The normalized spacial score (nSPS) is 16.2. The van der Waals surface area contributed by atoms with E-state index < -0.39 is 6.04 Å². The Morgan fingerprint density at radius 1 is 1.36 bits per heavy atom. The topological polar surface area (TPSA) is 78.6 Å². The minimum atomic E-state index is -0.480. The molecule has 1 fully saturated rings. The molecule has 0 saturated carbocycles. The Morgan fingerprint density at radius 2 is 1.95 bits per heavy atom. The molecule has 1 heterocycles. The number of amides is 1. The van der Waals surface area contributed by atoms with E-state index >= 15 is 0 Å². The van der Waals surface area contributed by atoms with Crippen molar-refractivity contribution in [3.63, 3.8) is 0 Å². The third-order valence-corrected chi connectivity index (χ3v) is 3.74. The fourth-order valence-corrected chi connectivity index (χ4v) is 2.37. The summed E-state index contributed by atoms with van der Waals surface area (Å²) in [5.74, 6) is -0.156. The summed E-state index contributed by atoms with van der Waals surface area (Å²) in [5, 5.41) is 12.5. The Hall–Kier alpha value is -1.01. The van der Waals surface area contributed by atoms with Gasteiger partial charge in [0.2, 0.25) is 5.91 Å². The summed E-state index contributed by atoms with van der Waals surface area (Å²) < 4.78 is 0. The van der Waals surface area contributed by atoms with Gasteiger partial charge in [0, 0.05) is 13.1 Å². The van der Waals surface area contributed by atoms with E-state index in [1.165, 1.54) is 0 Å². The molecular formula is C15H25Cl2N3O2. The van der Waals surface area contributed by atoms with Crippen molar-refractivity contribution in [1.29, 1.82) is 0 Å². The third kappa shape index (κ3) is 5.32. The molecule has 5 nitrogen and oxygen atoms in total. The Labute approximate surface area is 144 Å². The summed E-state index contributed by atoms with van der Waals surface area (Å²) in [6.45, 7) is 3.49. The third-order valence-electron chi connectivity index (χ3n) is 3.74. The van der Waals surface area contributed by atoms with Gasteiger partial charge in [-0.1, -0.05) is 19.1 Å². The van der Waals surface area contributed by atoms with Crippen LogP contribution in [0.25, 0.3) is 0 Å². The molecule has 22 heavy (non-hydrogen) atoms. The van der Waals surface area contributed by atoms with Gasteiger partial charge >= 0.3 is 0 Å². The average Bonchev–Trinajstić information content (AvgIpc) is 2.48. The van der Waals surface area contributed by atoms with Crippen LogP contribution in [0.1, 0.15) is 26.2 Å². The van der Waals surface area contributed by atoms with E-state index in [1.807, 2.05) is 31.2 Å². The fraction of sp³-hybridized carbons (Fsp3) is 0.533. The summed E-state index contributed by atoms with van der Waals surface area (Å²) in [6.07, 6.45) is 1.93. The fourth-order valence-electron chi connectivity index (χ4n) is 2.37. The zero-order valence-electron chi connectivity index (χ0n) is 12.7. The van der Waals surface area contributed by atoms with Crippen LogP contribution in [0.3, 0.4) is 0 Å². The second kappa shape index (κ2) is 9.90. The predicted molar refractivity (Wildman–Crippen MR) is 95.3 cm³/mol. The molecule has 1 aliphatic rings. The number of hydrogen-bond donors (Lipinski definition) is 3. The minimum absolute atomic E-state index is 0. The summed E-state index contributed by atoms with van der Waals surface area (Å²) in [7, 11) is 0. The predicted octanol–water partition coefficient (Wildman–Crippen LogP) is 2.17. The molecule has 4 N–H and O–H groups in total. The minimum Gasteiger partial charge on any atom is -0.393 e. The Morgan fingerprint density at radius 3 is 2.55 bits per heavy atom. The van der Waals surface area contributed by atoms with Gasteiger partial charge in [0.25, 0.3) is 0 Å². The number of para-hydroxylation sites is 2. The molecule has 1 atom stereocenters. The lowest BCUT2D eigenvalue weighted by molar-refractivity contribution is -0.117. The number of nitrogens with one attached hydrogen (secondary N) is 1. The number of aliphatic hydroxyl groups excluding tert-OH is 1. The Bertz CT molecular complexity index is 466. The van der Waals surface area contributed by atoms with Gasteiger partial charge in [-0.3, -0.25) is 4.79 Å². The van der Waals surface area contributed by atoms with Crippen molar-refractivity contribution in [3.05, 3.63) is 24.3 Å². The van der Waals surface area contributed by atoms with Gasteiger partial charge in [-0.2, -0.15) is 0 Å². The van der Waals surface area contributed by atoms with Gasteiger partial charge in [-0.05, 0) is 31.4 Å². The maximum Gasteiger partial charge on any atom is 0.241 e. The van der Waals surface area contributed by atoms with Crippen LogP contribution in [-0.4, -0.2) is 36.2 Å². The number of anilines is 2. The highest BCUT2D eigenvalue weighted by atomic mass is 35.5. The highest BCUT2D eigenvalue weighted by Gasteiger charge is 2.20. The van der Waals surface area contributed by atoms with Crippen LogP contribution in [0.15, 0.2) is 24.3 Å². The number of rotatable bonds is 4. The zero-order valence-corrected chi connectivity index (χ0v) is 14.3. The second-order valence-electron chi connectivity index (χ2n) is 5.24. The monoisotopic (exact) mass is 349 g/mol. The summed E-state index contributed by atoms with van der Waals surface area (Å²) in [5.41, 5.74) is 7.54. The van der Waals surface area contributed by atoms with Crippen LogP contribution in [0.4, 0.5) is 11.4 Å². The largest absolute Gasteiger partial charge is 0.393 e. The number of carbonyl (C=O) groups is 1. The van der Waals surface area contributed by atoms with Crippen LogP contribution in [0, 0.1) is 0 Å². The quantitative estimate of drug-likeness (QED) is 0.778. The lowest BCUT2D eigenvalue weighted by Crippen LogP contribution is -2.38. The molecule has 0 aliphatic carbocycles. The molecular weight excluding hydrogens is 325 g/mol. The number of nitrogens with zero attached hydrogens (tertiary/aromatic N) is 1. The molecule has 0 aromatic heterocycles. The molecule has 0 spiro atoms. The molecule has 1 aliphatic heterocycles. The molecule has 1 saturated heterocycles. The van der Waals surface area contributed by atoms with Crippen LogP contribution in [0.5, 0.6) is 0 Å². The lowest BCUT2D eigenvalue weighted by Gasteiger charge is -2.33. The van der Waals surface area contributed by atoms with E-state index in [9.17, 15) is 9.90 Å². The number of benzene rings is 1. The first kappa shape index (κ1) is 21.0. The lowest BCUT2D eigenvalue weighted by atomic mass is 10.1. The van der Waals surface area contributed by atoms with E-state index in [1.54, 1.807) is 0 Å². The van der Waals surface area contributed by atoms with E-state index in [-0.39, 0.29) is 36.8 Å². The van der Waals surface area contributed by atoms with Crippen molar-refractivity contribution in [1.82, 2.24) is 0 Å². The first-order valence-electron chi connectivity index (χ1n) is 7.20. The highest BCUT2D eigenvalue weighted by molar-refractivity contribution is 5.97. The van der Waals surface area contributed by atoms with Crippen molar-refractivity contribution < 1.29 is 9.90 Å². The van der Waals surface area contributed by atoms with E-state index in [2.05, 4.69) is 10.2 Å². The van der Waals surface area contributed by atoms with Crippen molar-refractivity contribution in [2.24, 2.45) is 5.73 Å². The first-order chi connectivity index (χ1) is 9.61. The van der Waals surface area contributed by atoms with E-state index in [4.69, 9.17) is 5.73 Å². The average molecular weight is 350 g/mol. The van der Waals surface area contributed by atoms with Gasteiger partial charge in [0.1, 0.15) is 0 Å². The Kier molecular flexibility index (Phi) is 9.44. The molecule has 0 radical (unpaired) electrons. The zero-order chi connectivity index (χ0) is 14.5.